The van der Waals surface area contributed by atoms with Crippen molar-refractivity contribution in [2.45, 2.75) is 106 Å². The summed E-state index contributed by atoms with van der Waals surface area (Å²) in [7, 11) is 3.05. The molecule has 0 saturated carbocycles. The first-order valence-corrected chi connectivity index (χ1v) is 20.4. The number of phenolic OH excluding ortho intramolecular Hbond substituents is 2. The van der Waals surface area contributed by atoms with E-state index in [2.05, 4.69) is 35.0 Å². The summed E-state index contributed by atoms with van der Waals surface area (Å²) in [6, 6.07) is 5.14. The summed E-state index contributed by atoms with van der Waals surface area (Å²) in [4.78, 5) is 31.7. The standard InChI is InChI=1S/C42H47N3O10S/c1-17-10-24-30(34(48)35(17)52-7)32-33-39(56-15-42(40(49)50)23-13-28(51-6)27(47)11-21(23)8-9-43-42)22-12-25(44(33)19(3)26-14-41(24,5)45(26)32)31-29(22)36(55-20(4)46)18(2)37-38(31)54-16-53-37/h10-11,13,19,22,25-26,32-33,39,43,47-48H,8-9,12,14-16H2,1-7H3,(H,49,50)/t19-,22?,25-,26-,32-,33?,39+,41?,42+/m0/s1. The Kier molecular flexibility index (Phi) is 7.76. The number of hydrogen-bond donors (Lipinski definition) is 4. The summed E-state index contributed by atoms with van der Waals surface area (Å²) in [6.07, 6.45) is 2.17. The fourth-order valence-electron chi connectivity index (χ4n) is 12.0. The molecule has 2 saturated heterocycles. The highest BCUT2D eigenvalue weighted by atomic mass is 32.2. The number of rotatable bonds is 7. The lowest BCUT2D eigenvalue weighted by molar-refractivity contribution is -0.191. The van der Waals surface area contributed by atoms with E-state index in [9.17, 15) is 24.9 Å². The van der Waals surface area contributed by atoms with Gasteiger partial charge in [0.05, 0.1) is 20.3 Å². The zero-order valence-corrected chi connectivity index (χ0v) is 33.3. The molecule has 14 heteroatoms. The number of esters is 1. The molecule has 2 bridgehead atoms. The average molecular weight is 786 g/mol. The van der Waals surface area contributed by atoms with Crippen molar-refractivity contribution in [3.63, 3.8) is 0 Å². The number of carboxylic acids is 1. The molecule has 3 aromatic carbocycles. The average Bonchev–Trinajstić information content (AvgIpc) is 3.82. The Bertz CT molecular complexity index is 2270. The number of hydrogen-bond acceptors (Lipinski definition) is 13. The van der Waals surface area contributed by atoms with Crippen molar-refractivity contribution >= 4 is 23.7 Å². The number of aliphatic carboxylic acids is 1. The number of aromatic hydroxyl groups is 2. The van der Waals surface area contributed by atoms with E-state index in [1.807, 2.05) is 13.8 Å². The van der Waals surface area contributed by atoms with Gasteiger partial charge in [0.15, 0.2) is 40.0 Å². The predicted molar refractivity (Wildman–Crippen MR) is 205 cm³/mol. The molecule has 0 amide bonds. The van der Waals surface area contributed by atoms with Gasteiger partial charge in [0.25, 0.3) is 0 Å². The lowest BCUT2D eigenvalue weighted by Crippen LogP contribution is -2.75. The number of piperazine rings is 1. The van der Waals surface area contributed by atoms with Gasteiger partial charge >= 0.3 is 11.9 Å². The highest BCUT2D eigenvalue weighted by molar-refractivity contribution is 8.00. The van der Waals surface area contributed by atoms with Crippen LogP contribution in [0.2, 0.25) is 0 Å². The van der Waals surface area contributed by atoms with Crippen LogP contribution in [0.15, 0.2) is 18.2 Å². The minimum absolute atomic E-state index is 0.0302. The number of piperidine rings is 1. The molecule has 56 heavy (non-hydrogen) atoms. The normalized spacial score (nSPS) is 32.7. The molecule has 0 aromatic heterocycles. The van der Waals surface area contributed by atoms with Crippen LogP contribution < -0.4 is 29.0 Å². The third-order valence-corrected chi connectivity index (χ3v) is 15.8. The number of phenols is 2. The molecule has 2 fully saturated rings. The second-order valence-corrected chi connectivity index (χ2v) is 17.9. The van der Waals surface area contributed by atoms with E-state index >= 15 is 0 Å². The summed E-state index contributed by atoms with van der Waals surface area (Å²) in [5, 5.41) is 37.2. The molecule has 7 aliphatic rings. The second-order valence-electron chi connectivity index (χ2n) is 16.8. The maximum absolute atomic E-state index is 13.7. The summed E-state index contributed by atoms with van der Waals surface area (Å²) in [5.41, 5.74) is 4.94. The molecule has 6 aliphatic heterocycles. The number of carboxylic acid groups (broad SMARTS) is 1. The largest absolute Gasteiger partial charge is 0.504 e. The topological polar surface area (TPSA) is 159 Å². The van der Waals surface area contributed by atoms with Crippen molar-refractivity contribution in [1.29, 1.82) is 0 Å². The van der Waals surface area contributed by atoms with Gasteiger partial charge in [-0.3, -0.25) is 19.9 Å². The van der Waals surface area contributed by atoms with Crippen LogP contribution >= 0.6 is 11.8 Å². The van der Waals surface area contributed by atoms with Gasteiger partial charge in [-0.25, -0.2) is 4.79 Å². The van der Waals surface area contributed by atoms with Gasteiger partial charge < -0.3 is 39.0 Å². The zero-order chi connectivity index (χ0) is 39.3. The predicted octanol–water partition coefficient (Wildman–Crippen LogP) is 5.27. The van der Waals surface area contributed by atoms with Crippen LogP contribution in [0.4, 0.5) is 0 Å². The number of fused-ring (bicyclic) bond motifs is 8. The van der Waals surface area contributed by atoms with E-state index in [1.165, 1.54) is 14.0 Å². The quantitative estimate of drug-likeness (QED) is 0.181. The van der Waals surface area contributed by atoms with Crippen LogP contribution in [0.1, 0.15) is 96.1 Å². The number of benzene rings is 3. The van der Waals surface area contributed by atoms with Crippen LogP contribution in [-0.4, -0.2) is 93.7 Å². The van der Waals surface area contributed by atoms with Crippen molar-refractivity contribution in [2.24, 2.45) is 0 Å². The first-order valence-electron chi connectivity index (χ1n) is 19.4. The molecule has 9 atom stereocenters. The van der Waals surface area contributed by atoms with Gasteiger partial charge in [-0.15, -0.1) is 0 Å². The first kappa shape index (κ1) is 36.0. The van der Waals surface area contributed by atoms with Crippen LogP contribution in [0.3, 0.4) is 0 Å². The summed E-state index contributed by atoms with van der Waals surface area (Å²) < 4.78 is 29.8. The third-order valence-electron chi connectivity index (χ3n) is 14.2. The minimum Gasteiger partial charge on any atom is -0.504 e. The zero-order valence-electron chi connectivity index (χ0n) is 32.5. The Morgan fingerprint density at radius 3 is 2.52 bits per heavy atom. The third kappa shape index (κ3) is 4.38. The molecule has 296 valence electrons. The SMILES string of the molecule is COc1cc2c(cc1O)CCN[C@@]2(CS[C@@H]1C2C[C@@H](c3c4c(c(C)c(OC(C)=O)c32)OCO4)N2C1[C@@H]1c3c(cc(C)c(OC)c3O)C3(C)C[C@@H]([C@@H]2C)N13)C(=O)O. The number of carbonyl (C=O) groups is 2. The second kappa shape index (κ2) is 12.1. The molecular weight excluding hydrogens is 739 g/mol. The summed E-state index contributed by atoms with van der Waals surface area (Å²) >= 11 is 1.61. The van der Waals surface area contributed by atoms with Crippen LogP contribution in [0, 0.1) is 13.8 Å². The minimum atomic E-state index is -1.50. The van der Waals surface area contributed by atoms with E-state index < -0.39 is 17.5 Å². The smallest absolute Gasteiger partial charge is 0.329 e. The molecule has 3 unspecified atom stereocenters. The summed E-state index contributed by atoms with van der Waals surface area (Å²) in [6.45, 7) is 10.3. The first-order chi connectivity index (χ1) is 26.8. The fourth-order valence-corrected chi connectivity index (χ4v) is 13.8. The highest BCUT2D eigenvalue weighted by Crippen LogP contribution is 2.72. The van der Waals surface area contributed by atoms with Crippen LogP contribution in [0.25, 0.3) is 0 Å². The number of carbonyl (C=O) groups excluding carboxylic acids is 1. The molecule has 1 aliphatic carbocycles. The van der Waals surface area contributed by atoms with Gasteiger partial charge in [-0.1, -0.05) is 0 Å². The summed E-state index contributed by atoms with van der Waals surface area (Å²) in [5.74, 6) is 1.07. The number of nitrogens with one attached hydrogen (secondary N) is 1. The van der Waals surface area contributed by atoms with Gasteiger partial charge in [-0.2, -0.15) is 11.8 Å². The van der Waals surface area contributed by atoms with Crippen LogP contribution in [-0.2, 0) is 27.1 Å². The molecule has 3 aromatic rings. The number of methoxy groups -OCH3 is 2. The van der Waals surface area contributed by atoms with Crippen molar-refractivity contribution in [3.8, 4) is 40.2 Å². The molecular formula is C42H47N3O10S. The molecule has 0 radical (unpaired) electrons. The molecule has 4 N–H and O–H groups in total. The molecule has 13 nitrogen and oxygen atoms in total. The monoisotopic (exact) mass is 785 g/mol. The Morgan fingerprint density at radius 2 is 1.80 bits per heavy atom. The van der Waals surface area contributed by atoms with E-state index in [0.717, 1.165) is 39.8 Å². The number of ether oxygens (including phenoxy) is 5. The van der Waals surface area contributed by atoms with E-state index in [1.54, 1.807) is 31.0 Å². The fraction of sp³-hybridized carbons (Fsp3) is 0.524. The van der Waals surface area contributed by atoms with Crippen molar-refractivity contribution in [3.05, 3.63) is 62.7 Å². The molecule has 10 rings (SSSR count). The maximum Gasteiger partial charge on any atom is 0.329 e. The van der Waals surface area contributed by atoms with E-state index in [0.29, 0.717) is 53.5 Å². The lowest BCUT2D eigenvalue weighted by Gasteiger charge is -2.67. The molecule has 0 spiro atoms. The van der Waals surface area contributed by atoms with Gasteiger partial charge in [0.1, 0.15) is 5.75 Å². The van der Waals surface area contributed by atoms with Crippen molar-refractivity contribution in [2.75, 3.05) is 33.3 Å². The molecule has 6 heterocycles. The van der Waals surface area contributed by atoms with Gasteiger partial charge in [0, 0.05) is 82.3 Å². The number of aryl methyl sites for hydroxylation is 1. The van der Waals surface area contributed by atoms with Crippen molar-refractivity contribution in [1.82, 2.24) is 15.1 Å². The van der Waals surface area contributed by atoms with Crippen LogP contribution in [0.5, 0.6) is 40.2 Å². The Labute approximate surface area is 329 Å². The Balaban J connectivity index is 1.19. The Hall–Kier alpha value is -4.37. The highest BCUT2D eigenvalue weighted by Gasteiger charge is 2.71. The van der Waals surface area contributed by atoms with Gasteiger partial charge in [-0.05, 0) is 87.4 Å². The number of thioether (sulfide) groups is 1. The maximum atomic E-state index is 13.7. The Morgan fingerprint density at radius 1 is 1.04 bits per heavy atom. The van der Waals surface area contributed by atoms with Crippen molar-refractivity contribution < 1.29 is 48.6 Å². The number of nitrogens with zero attached hydrogens (tertiary/aromatic N) is 2. The van der Waals surface area contributed by atoms with E-state index in [-0.39, 0.29) is 76.7 Å². The van der Waals surface area contributed by atoms with E-state index in [4.69, 9.17) is 23.7 Å². The lowest BCUT2D eigenvalue weighted by atomic mass is 9.71. The van der Waals surface area contributed by atoms with Gasteiger partial charge in [0.2, 0.25) is 6.79 Å².